The predicted molar refractivity (Wildman–Crippen MR) is 79.0 cm³/mol. The second kappa shape index (κ2) is 5.92. The molecule has 8 heteroatoms. The van der Waals surface area contributed by atoms with Crippen molar-refractivity contribution in [1.29, 1.82) is 0 Å². The lowest BCUT2D eigenvalue weighted by atomic mass is 10.0. The Hall–Kier alpha value is -1.96. The molecule has 1 unspecified atom stereocenters. The van der Waals surface area contributed by atoms with Crippen molar-refractivity contribution >= 4 is 17.6 Å². The SMILES string of the molecule is CC(c1cccc(C(F)(F)F)c1)N(C(=O)c1cnsn1)C1CC1. The summed E-state index contributed by atoms with van der Waals surface area (Å²) in [6.45, 7) is 1.74. The Kier molecular flexibility index (Phi) is 4.09. The molecule has 23 heavy (non-hydrogen) atoms. The highest BCUT2D eigenvalue weighted by Gasteiger charge is 2.38. The summed E-state index contributed by atoms with van der Waals surface area (Å²) in [6.07, 6.45) is -1.30. The Morgan fingerprint density at radius 2 is 2.13 bits per heavy atom. The molecule has 122 valence electrons. The Labute approximate surface area is 135 Å². The molecule has 3 rings (SSSR count). The van der Waals surface area contributed by atoms with Gasteiger partial charge in [0.15, 0.2) is 5.69 Å². The Morgan fingerprint density at radius 1 is 1.39 bits per heavy atom. The minimum Gasteiger partial charge on any atom is -0.327 e. The van der Waals surface area contributed by atoms with Crippen LogP contribution in [0, 0.1) is 0 Å². The second-order valence-corrected chi connectivity index (χ2v) is 6.09. The van der Waals surface area contributed by atoms with E-state index in [4.69, 9.17) is 0 Å². The number of alkyl halides is 3. The molecule has 2 aromatic rings. The predicted octanol–water partition coefficient (Wildman–Crippen LogP) is 3.92. The molecule has 1 atom stereocenters. The average Bonchev–Trinajstić information content (AvgIpc) is 3.18. The summed E-state index contributed by atoms with van der Waals surface area (Å²) in [4.78, 5) is 14.2. The molecule has 0 saturated heterocycles. The number of amides is 1. The van der Waals surface area contributed by atoms with E-state index in [9.17, 15) is 18.0 Å². The molecule has 0 aliphatic heterocycles. The molecule has 0 N–H and O–H groups in total. The van der Waals surface area contributed by atoms with Gasteiger partial charge in [0.2, 0.25) is 0 Å². The Morgan fingerprint density at radius 3 is 2.70 bits per heavy atom. The fraction of sp³-hybridized carbons (Fsp3) is 0.400. The molecule has 0 radical (unpaired) electrons. The first-order valence-electron chi connectivity index (χ1n) is 7.15. The minimum absolute atomic E-state index is 0.0498. The summed E-state index contributed by atoms with van der Waals surface area (Å²) in [6, 6.07) is 4.71. The smallest absolute Gasteiger partial charge is 0.327 e. The molecule has 1 fully saturated rings. The zero-order valence-corrected chi connectivity index (χ0v) is 13.1. The van der Waals surface area contributed by atoms with Crippen molar-refractivity contribution in [2.24, 2.45) is 0 Å². The van der Waals surface area contributed by atoms with Crippen molar-refractivity contribution in [2.45, 2.75) is 38.0 Å². The van der Waals surface area contributed by atoms with Gasteiger partial charge >= 0.3 is 6.18 Å². The van der Waals surface area contributed by atoms with Gasteiger partial charge in [-0.2, -0.15) is 21.9 Å². The van der Waals surface area contributed by atoms with E-state index < -0.39 is 17.8 Å². The first kappa shape index (κ1) is 15.9. The van der Waals surface area contributed by atoms with Gasteiger partial charge in [0.1, 0.15) is 0 Å². The van der Waals surface area contributed by atoms with E-state index in [1.165, 1.54) is 12.3 Å². The summed E-state index contributed by atoms with van der Waals surface area (Å²) in [5.41, 5.74) is -0.00985. The molecule has 4 nitrogen and oxygen atoms in total. The van der Waals surface area contributed by atoms with Crippen molar-refractivity contribution in [3.8, 4) is 0 Å². The lowest BCUT2D eigenvalue weighted by Gasteiger charge is -2.29. The first-order valence-corrected chi connectivity index (χ1v) is 7.88. The summed E-state index contributed by atoms with van der Waals surface area (Å²) in [5, 5.41) is 0. The van der Waals surface area contributed by atoms with E-state index in [0.29, 0.717) is 5.56 Å². The third kappa shape index (κ3) is 3.36. The van der Waals surface area contributed by atoms with Gasteiger partial charge in [0.05, 0.1) is 29.5 Å². The van der Waals surface area contributed by atoms with Crippen molar-refractivity contribution < 1.29 is 18.0 Å². The van der Waals surface area contributed by atoms with E-state index in [-0.39, 0.29) is 17.6 Å². The van der Waals surface area contributed by atoms with Crippen LogP contribution in [0.25, 0.3) is 0 Å². The van der Waals surface area contributed by atoms with Gasteiger partial charge in [0, 0.05) is 6.04 Å². The van der Waals surface area contributed by atoms with E-state index in [2.05, 4.69) is 8.75 Å². The van der Waals surface area contributed by atoms with Crippen LogP contribution < -0.4 is 0 Å². The van der Waals surface area contributed by atoms with E-state index in [1.54, 1.807) is 17.9 Å². The van der Waals surface area contributed by atoms with Crippen molar-refractivity contribution in [1.82, 2.24) is 13.6 Å². The van der Waals surface area contributed by atoms with Crippen LogP contribution in [0.3, 0.4) is 0 Å². The Balaban J connectivity index is 1.90. The molecule has 1 aromatic heterocycles. The molecule has 1 aliphatic rings. The molecule has 1 amide bonds. The van der Waals surface area contributed by atoms with Crippen molar-refractivity contribution in [3.63, 3.8) is 0 Å². The van der Waals surface area contributed by atoms with Gasteiger partial charge in [-0.25, -0.2) is 0 Å². The monoisotopic (exact) mass is 341 g/mol. The molecule has 0 bridgehead atoms. The molecule has 1 aromatic carbocycles. The first-order chi connectivity index (χ1) is 10.9. The number of nitrogens with zero attached hydrogens (tertiary/aromatic N) is 3. The molecular weight excluding hydrogens is 327 g/mol. The van der Waals surface area contributed by atoms with Crippen molar-refractivity contribution in [2.75, 3.05) is 0 Å². The van der Waals surface area contributed by atoms with Gasteiger partial charge in [-0.05, 0) is 37.5 Å². The normalized spacial score (nSPS) is 16.2. The quantitative estimate of drug-likeness (QED) is 0.847. The summed E-state index contributed by atoms with van der Waals surface area (Å²) in [7, 11) is 0. The maximum absolute atomic E-state index is 12.9. The number of aromatic nitrogens is 2. The zero-order chi connectivity index (χ0) is 16.6. The molecule has 1 saturated carbocycles. The number of benzene rings is 1. The minimum atomic E-state index is -4.40. The number of rotatable bonds is 4. The highest BCUT2D eigenvalue weighted by Crippen LogP contribution is 2.37. The van der Waals surface area contributed by atoms with Gasteiger partial charge in [-0.3, -0.25) is 4.79 Å². The van der Waals surface area contributed by atoms with Crippen LogP contribution in [0.5, 0.6) is 0 Å². The van der Waals surface area contributed by atoms with Crippen LogP contribution in [-0.2, 0) is 6.18 Å². The third-order valence-corrected chi connectivity index (χ3v) is 4.35. The van der Waals surface area contributed by atoms with Gasteiger partial charge in [-0.1, -0.05) is 12.1 Å². The van der Waals surface area contributed by atoms with E-state index in [0.717, 1.165) is 36.7 Å². The molecule has 1 aliphatic carbocycles. The lowest BCUT2D eigenvalue weighted by molar-refractivity contribution is -0.137. The van der Waals surface area contributed by atoms with Crippen molar-refractivity contribution in [3.05, 3.63) is 47.3 Å². The van der Waals surface area contributed by atoms with Crippen LogP contribution in [0.2, 0.25) is 0 Å². The number of carbonyl (C=O) groups excluding carboxylic acids is 1. The second-order valence-electron chi connectivity index (χ2n) is 5.54. The van der Waals surface area contributed by atoms with Gasteiger partial charge in [0.25, 0.3) is 5.91 Å². The third-order valence-electron chi connectivity index (χ3n) is 3.87. The zero-order valence-electron chi connectivity index (χ0n) is 12.2. The van der Waals surface area contributed by atoms with Crippen LogP contribution in [-0.4, -0.2) is 25.6 Å². The van der Waals surface area contributed by atoms with Gasteiger partial charge in [-0.15, -0.1) is 0 Å². The number of hydrogen-bond acceptors (Lipinski definition) is 4. The summed E-state index contributed by atoms with van der Waals surface area (Å²) >= 11 is 0.935. The number of halogens is 3. The lowest BCUT2D eigenvalue weighted by Crippen LogP contribution is -2.35. The fourth-order valence-corrected chi connectivity index (χ4v) is 2.94. The number of hydrogen-bond donors (Lipinski definition) is 0. The largest absolute Gasteiger partial charge is 0.416 e. The number of carbonyl (C=O) groups is 1. The standard InChI is InChI=1S/C15H14F3N3OS/c1-9(10-3-2-4-11(7-10)15(16,17)18)21(12-5-6-12)14(22)13-8-19-23-20-13/h2-4,7-9,12H,5-6H2,1H3. The molecular formula is C15H14F3N3OS. The maximum Gasteiger partial charge on any atom is 0.416 e. The highest BCUT2D eigenvalue weighted by atomic mass is 32.1. The molecule has 1 heterocycles. The van der Waals surface area contributed by atoms with E-state index >= 15 is 0 Å². The fourth-order valence-electron chi connectivity index (χ4n) is 2.54. The topological polar surface area (TPSA) is 46.1 Å². The highest BCUT2D eigenvalue weighted by molar-refractivity contribution is 6.99. The maximum atomic E-state index is 12.9. The van der Waals surface area contributed by atoms with Crippen LogP contribution >= 0.6 is 11.7 Å². The van der Waals surface area contributed by atoms with Crippen LogP contribution in [0.1, 0.15) is 47.4 Å². The summed E-state index contributed by atoms with van der Waals surface area (Å²) < 4.78 is 46.4. The van der Waals surface area contributed by atoms with E-state index in [1.807, 2.05) is 0 Å². The Bertz CT molecular complexity index is 698. The van der Waals surface area contributed by atoms with Gasteiger partial charge < -0.3 is 4.90 Å². The summed E-state index contributed by atoms with van der Waals surface area (Å²) in [5.74, 6) is -0.286. The van der Waals surface area contributed by atoms with Crippen LogP contribution in [0.15, 0.2) is 30.5 Å². The average molecular weight is 341 g/mol. The van der Waals surface area contributed by atoms with Crippen LogP contribution in [0.4, 0.5) is 13.2 Å². The molecule has 0 spiro atoms.